The molecule has 1 aromatic carbocycles. The number of nitrogens with two attached hydrogens (primary N) is 1. The maximum Gasteiger partial charge on any atom is 0.312 e. The fourth-order valence-electron chi connectivity index (χ4n) is 2.26. The Labute approximate surface area is 155 Å². The number of primary amides is 1. The van der Waals surface area contributed by atoms with E-state index in [1.165, 1.54) is 0 Å². The quantitative estimate of drug-likeness (QED) is 0.505. The Bertz CT molecular complexity index is 614. The van der Waals surface area contributed by atoms with Crippen LogP contribution in [0.15, 0.2) is 24.3 Å². The highest BCUT2D eigenvalue weighted by molar-refractivity contribution is 5.97. The van der Waals surface area contributed by atoms with Crippen LogP contribution in [0.1, 0.15) is 39.2 Å². The van der Waals surface area contributed by atoms with Crippen molar-refractivity contribution in [2.75, 3.05) is 11.9 Å². The summed E-state index contributed by atoms with van der Waals surface area (Å²) in [5.74, 6) is -0.468. The molecule has 0 fully saturated rings. The number of anilines is 1. The monoisotopic (exact) mass is 362 g/mol. The van der Waals surface area contributed by atoms with E-state index in [-0.39, 0.29) is 23.7 Å². The SMILES string of the molecule is Cc1ccc(NC(=O)C(CCCNC(N)=O)NC(=O)[C@@H](C)C(C)C)cc1. The van der Waals surface area contributed by atoms with Gasteiger partial charge in [0.2, 0.25) is 11.8 Å². The molecule has 5 N–H and O–H groups in total. The molecule has 0 aliphatic rings. The van der Waals surface area contributed by atoms with Crippen LogP contribution in [0, 0.1) is 18.8 Å². The Kier molecular flexibility index (Phi) is 8.61. The zero-order valence-electron chi connectivity index (χ0n) is 16.0. The van der Waals surface area contributed by atoms with Crippen LogP contribution < -0.4 is 21.7 Å². The minimum absolute atomic E-state index is 0.160. The van der Waals surface area contributed by atoms with Gasteiger partial charge in [-0.15, -0.1) is 0 Å². The number of amides is 4. The lowest BCUT2D eigenvalue weighted by molar-refractivity contribution is -0.130. The van der Waals surface area contributed by atoms with Crippen molar-refractivity contribution in [3.8, 4) is 0 Å². The molecule has 1 rings (SSSR count). The van der Waals surface area contributed by atoms with Gasteiger partial charge in [0.05, 0.1) is 0 Å². The van der Waals surface area contributed by atoms with Gasteiger partial charge in [-0.05, 0) is 37.8 Å². The van der Waals surface area contributed by atoms with Gasteiger partial charge in [-0.2, -0.15) is 0 Å². The molecule has 144 valence electrons. The summed E-state index contributed by atoms with van der Waals surface area (Å²) in [4.78, 5) is 35.7. The lowest BCUT2D eigenvalue weighted by Gasteiger charge is -2.22. The Morgan fingerprint density at radius 2 is 1.65 bits per heavy atom. The van der Waals surface area contributed by atoms with Crippen molar-refractivity contribution in [2.24, 2.45) is 17.6 Å². The van der Waals surface area contributed by atoms with Gasteiger partial charge in [0.1, 0.15) is 6.04 Å². The maximum atomic E-state index is 12.6. The molecule has 0 saturated heterocycles. The van der Waals surface area contributed by atoms with E-state index >= 15 is 0 Å². The summed E-state index contributed by atoms with van der Waals surface area (Å²) in [6.07, 6.45) is 0.916. The van der Waals surface area contributed by atoms with Crippen LogP contribution in [0.4, 0.5) is 10.5 Å². The number of rotatable bonds is 9. The van der Waals surface area contributed by atoms with Gasteiger partial charge in [0.15, 0.2) is 0 Å². The summed E-state index contributed by atoms with van der Waals surface area (Å²) >= 11 is 0. The van der Waals surface area contributed by atoms with Gasteiger partial charge < -0.3 is 21.7 Å². The number of nitrogens with one attached hydrogen (secondary N) is 3. The van der Waals surface area contributed by atoms with E-state index in [2.05, 4.69) is 16.0 Å². The molecule has 0 spiro atoms. The van der Waals surface area contributed by atoms with E-state index in [4.69, 9.17) is 5.73 Å². The van der Waals surface area contributed by atoms with Gasteiger partial charge in [0.25, 0.3) is 0 Å². The lowest BCUT2D eigenvalue weighted by Crippen LogP contribution is -2.46. The van der Waals surface area contributed by atoms with E-state index < -0.39 is 12.1 Å². The average Bonchev–Trinajstić information content (AvgIpc) is 2.58. The molecule has 4 amide bonds. The molecule has 2 atom stereocenters. The number of urea groups is 1. The van der Waals surface area contributed by atoms with Crippen molar-refractivity contribution >= 4 is 23.5 Å². The molecule has 26 heavy (non-hydrogen) atoms. The molecule has 0 saturated carbocycles. The topological polar surface area (TPSA) is 113 Å². The Morgan fingerprint density at radius 3 is 2.19 bits per heavy atom. The first-order valence-corrected chi connectivity index (χ1v) is 8.92. The van der Waals surface area contributed by atoms with Gasteiger partial charge in [-0.25, -0.2) is 4.79 Å². The number of benzene rings is 1. The van der Waals surface area contributed by atoms with E-state index in [0.29, 0.717) is 25.1 Å². The van der Waals surface area contributed by atoms with E-state index in [0.717, 1.165) is 5.56 Å². The molecule has 0 radical (unpaired) electrons. The first-order chi connectivity index (χ1) is 12.2. The summed E-state index contributed by atoms with van der Waals surface area (Å²) in [5.41, 5.74) is 6.80. The largest absolute Gasteiger partial charge is 0.352 e. The molecule has 0 heterocycles. The van der Waals surface area contributed by atoms with Crippen LogP contribution in [0.3, 0.4) is 0 Å². The fourth-order valence-corrected chi connectivity index (χ4v) is 2.26. The molecule has 1 unspecified atom stereocenters. The van der Waals surface area contributed by atoms with Gasteiger partial charge in [-0.1, -0.05) is 38.5 Å². The smallest absolute Gasteiger partial charge is 0.312 e. The van der Waals surface area contributed by atoms with Gasteiger partial charge in [-0.3, -0.25) is 9.59 Å². The third kappa shape index (κ3) is 7.55. The molecule has 0 aliphatic carbocycles. The van der Waals surface area contributed by atoms with Crippen LogP contribution in [-0.4, -0.2) is 30.4 Å². The highest BCUT2D eigenvalue weighted by atomic mass is 16.2. The predicted molar refractivity (Wildman–Crippen MR) is 103 cm³/mol. The van der Waals surface area contributed by atoms with Gasteiger partial charge >= 0.3 is 6.03 Å². The van der Waals surface area contributed by atoms with Crippen molar-refractivity contribution in [2.45, 2.75) is 46.6 Å². The number of carbonyl (C=O) groups excluding carboxylic acids is 3. The first-order valence-electron chi connectivity index (χ1n) is 8.92. The van der Waals surface area contributed by atoms with Crippen molar-refractivity contribution < 1.29 is 14.4 Å². The summed E-state index contributed by atoms with van der Waals surface area (Å²) in [6, 6.07) is 6.15. The molecule has 7 nitrogen and oxygen atoms in total. The Balaban J connectivity index is 2.73. The molecule has 0 bridgehead atoms. The highest BCUT2D eigenvalue weighted by Crippen LogP contribution is 2.13. The van der Waals surface area contributed by atoms with Crippen molar-refractivity contribution in [1.29, 1.82) is 0 Å². The molecule has 0 aliphatic heterocycles. The van der Waals surface area contributed by atoms with Crippen LogP contribution in [-0.2, 0) is 9.59 Å². The van der Waals surface area contributed by atoms with Gasteiger partial charge in [0, 0.05) is 18.2 Å². The Hall–Kier alpha value is -2.57. The average molecular weight is 362 g/mol. The van der Waals surface area contributed by atoms with E-state index in [1.807, 2.05) is 52.0 Å². The minimum atomic E-state index is -0.681. The minimum Gasteiger partial charge on any atom is -0.352 e. The normalized spacial score (nSPS) is 13.0. The summed E-state index contributed by atoms with van der Waals surface area (Å²) < 4.78 is 0. The van der Waals surface area contributed by atoms with Crippen molar-refractivity contribution in [1.82, 2.24) is 10.6 Å². The third-order valence-electron chi connectivity index (χ3n) is 4.33. The van der Waals surface area contributed by atoms with Crippen LogP contribution in [0.2, 0.25) is 0 Å². The fraction of sp³-hybridized carbons (Fsp3) is 0.526. The molecule has 1 aromatic rings. The molecule has 7 heteroatoms. The second-order valence-electron chi connectivity index (χ2n) is 6.88. The lowest BCUT2D eigenvalue weighted by atomic mass is 9.96. The predicted octanol–water partition coefficient (Wildman–Crippen LogP) is 2.16. The van der Waals surface area contributed by atoms with Crippen LogP contribution in [0.25, 0.3) is 0 Å². The zero-order chi connectivity index (χ0) is 19.7. The van der Waals surface area contributed by atoms with Crippen molar-refractivity contribution in [3.63, 3.8) is 0 Å². The second kappa shape index (κ2) is 10.4. The molecular weight excluding hydrogens is 332 g/mol. The number of carbonyl (C=O) groups is 3. The first kappa shape index (κ1) is 21.5. The Morgan fingerprint density at radius 1 is 1.04 bits per heavy atom. The van der Waals surface area contributed by atoms with Crippen LogP contribution in [0.5, 0.6) is 0 Å². The van der Waals surface area contributed by atoms with E-state index in [1.54, 1.807) is 0 Å². The van der Waals surface area contributed by atoms with E-state index in [9.17, 15) is 14.4 Å². The molecular formula is C19H30N4O3. The standard InChI is InChI=1S/C19H30N4O3/c1-12(2)14(4)17(24)23-16(6-5-11-21-19(20)26)18(25)22-15-9-7-13(3)8-10-15/h7-10,12,14,16H,5-6,11H2,1-4H3,(H,22,25)(H,23,24)(H3,20,21,26)/t14-,16?/m0/s1. The van der Waals surface area contributed by atoms with Crippen LogP contribution >= 0.6 is 0 Å². The molecule has 0 aromatic heterocycles. The maximum absolute atomic E-state index is 12.6. The number of hydrogen-bond donors (Lipinski definition) is 4. The number of aryl methyl sites for hydroxylation is 1. The van der Waals surface area contributed by atoms with Crippen molar-refractivity contribution in [3.05, 3.63) is 29.8 Å². The summed E-state index contributed by atoms with van der Waals surface area (Å²) in [7, 11) is 0. The summed E-state index contributed by atoms with van der Waals surface area (Å²) in [5, 5.41) is 8.13. The highest BCUT2D eigenvalue weighted by Gasteiger charge is 2.24. The zero-order valence-corrected chi connectivity index (χ0v) is 16.0. The summed E-state index contributed by atoms with van der Waals surface area (Å²) in [6.45, 7) is 8.07. The third-order valence-corrected chi connectivity index (χ3v) is 4.33. The second-order valence-corrected chi connectivity index (χ2v) is 6.88. The number of hydrogen-bond acceptors (Lipinski definition) is 3.